The standard InChI is InChI=1S/C27H48O/c1-6-10-12-14-16-20-23-22(5)27(28)26(19-9-4)24(18-8-3)25(23)21-17-15-13-11-7-2/h28H,6-21H2,1-5H3. The topological polar surface area (TPSA) is 20.2 Å². The van der Waals surface area contributed by atoms with Gasteiger partial charge in [-0.15, -0.1) is 0 Å². The minimum Gasteiger partial charge on any atom is -0.507 e. The maximum Gasteiger partial charge on any atom is 0.122 e. The van der Waals surface area contributed by atoms with E-state index in [0.717, 1.165) is 32.1 Å². The van der Waals surface area contributed by atoms with Gasteiger partial charge in [-0.25, -0.2) is 0 Å². The van der Waals surface area contributed by atoms with E-state index in [4.69, 9.17) is 0 Å². The van der Waals surface area contributed by atoms with Crippen LogP contribution in [0.3, 0.4) is 0 Å². The van der Waals surface area contributed by atoms with E-state index < -0.39 is 0 Å². The van der Waals surface area contributed by atoms with Crippen LogP contribution in [0.15, 0.2) is 0 Å². The number of phenols is 1. The van der Waals surface area contributed by atoms with Gasteiger partial charge in [-0.2, -0.15) is 0 Å². The molecule has 0 spiro atoms. The molecule has 28 heavy (non-hydrogen) atoms. The molecule has 0 bridgehead atoms. The quantitative estimate of drug-likeness (QED) is 0.281. The first-order chi connectivity index (χ1) is 13.6. The summed E-state index contributed by atoms with van der Waals surface area (Å²) in [6, 6.07) is 0. The molecular weight excluding hydrogens is 340 g/mol. The van der Waals surface area contributed by atoms with Crippen LogP contribution < -0.4 is 0 Å². The SMILES string of the molecule is CCCCCCCc1c(C)c(O)c(CCC)c(CCC)c1CCCCCCC. The zero-order valence-electron chi connectivity index (χ0n) is 19.8. The highest BCUT2D eigenvalue weighted by Gasteiger charge is 2.20. The van der Waals surface area contributed by atoms with Crippen LogP contribution in [-0.2, 0) is 25.7 Å². The Hall–Kier alpha value is -0.980. The third kappa shape index (κ3) is 7.80. The number of benzene rings is 1. The Labute approximate surface area is 176 Å². The summed E-state index contributed by atoms with van der Waals surface area (Å²) in [6.45, 7) is 11.3. The molecule has 0 fully saturated rings. The molecule has 0 aromatic heterocycles. The average Bonchev–Trinajstić information content (AvgIpc) is 2.69. The van der Waals surface area contributed by atoms with Crippen LogP contribution in [0.5, 0.6) is 5.75 Å². The number of hydrogen-bond acceptors (Lipinski definition) is 1. The molecule has 0 radical (unpaired) electrons. The Balaban J connectivity index is 3.12. The van der Waals surface area contributed by atoms with E-state index in [-0.39, 0.29) is 0 Å². The zero-order chi connectivity index (χ0) is 20.8. The average molecular weight is 389 g/mol. The summed E-state index contributed by atoms with van der Waals surface area (Å²) in [4.78, 5) is 0. The molecule has 0 aliphatic carbocycles. The molecule has 0 unspecified atom stereocenters. The lowest BCUT2D eigenvalue weighted by molar-refractivity contribution is 0.459. The minimum atomic E-state index is 0.614. The van der Waals surface area contributed by atoms with E-state index in [1.807, 2.05) is 0 Å². The summed E-state index contributed by atoms with van der Waals surface area (Å²) in [6.07, 6.45) is 20.0. The Morgan fingerprint density at radius 2 is 0.893 bits per heavy atom. The first-order valence-electron chi connectivity index (χ1n) is 12.5. The second-order valence-corrected chi connectivity index (χ2v) is 8.72. The van der Waals surface area contributed by atoms with Crippen molar-refractivity contribution in [1.82, 2.24) is 0 Å². The van der Waals surface area contributed by atoms with Crippen molar-refractivity contribution < 1.29 is 5.11 Å². The van der Waals surface area contributed by atoms with Crippen LogP contribution in [0.2, 0.25) is 0 Å². The van der Waals surface area contributed by atoms with E-state index in [2.05, 4.69) is 34.6 Å². The first kappa shape index (κ1) is 25.1. The van der Waals surface area contributed by atoms with Gasteiger partial charge >= 0.3 is 0 Å². The third-order valence-electron chi connectivity index (χ3n) is 6.25. The minimum absolute atomic E-state index is 0.614. The Bertz CT molecular complexity index is 544. The molecule has 0 saturated carbocycles. The fourth-order valence-corrected chi connectivity index (χ4v) is 4.62. The number of phenolic OH excluding ortho intramolecular Hbond substituents is 1. The highest BCUT2D eigenvalue weighted by molar-refractivity contribution is 5.55. The number of unbranched alkanes of at least 4 members (excludes halogenated alkanes) is 8. The second-order valence-electron chi connectivity index (χ2n) is 8.72. The van der Waals surface area contributed by atoms with Gasteiger partial charge in [0, 0.05) is 0 Å². The molecule has 0 heterocycles. The maximum absolute atomic E-state index is 11.0. The van der Waals surface area contributed by atoms with Crippen molar-refractivity contribution in [2.24, 2.45) is 0 Å². The molecule has 0 aliphatic rings. The van der Waals surface area contributed by atoms with Crippen molar-refractivity contribution in [2.75, 3.05) is 0 Å². The Morgan fingerprint density at radius 1 is 0.464 bits per heavy atom. The largest absolute Gasteiger partial charge is 0.507 e. The third-order valence-corrected chi connectivity index (χ3v) is 6.25. The smallest absolute Gasteiger partial charge is 0.122 e. The predicted molar refractivity (Wildman–Crippen MR) is 126 cm³/mol. The maximum atomic E-state index is 11.0. The normalized spacial score (nSPS) is 11.3. The van der Waals surface area contributed by atoms with Crippen LogP contribution >= 0.6 is 0 Å². The summed E-state index contributed by atoms with van der Waals surface area (Å²) in [5.41, 5.74) is 7.06. The summed E-state index contributed by atoms with van der Waals surface area (Å²) >= 11 is 0. The highest BCUT2D eigenvalue weighted by Crippen LogP contribution is 2.36. The summed E-state index contributed by atoms with van der Waals surface area (Å²) in [5, 5.41) is 11.0. The molecule has 1 rings (SSSR count). The second kappa shape index (κ2) is 14.9. The van der Waals surface area contributed by atoms with Gasteiger partial charge in [-0.3, -0.25) is 0 Å². The molecule has 0 atom stereocenters. The molecule has 162 valence electrons. The zero-order valence-corrected chi connectivity index (χ0v) is 19.8. The van der Waals surface area contributed by atoms with Gasteiger partial charge in [0.2, 0.25) is 0 Å². The molecule has 1 aromatic rings. The van der Waals surface area contributed by atoms with E-state index in [1.165, 1.54) is 92.9 Å². The first-order valence-corrected chi connectivity index (χ1v) is 12.5. The van der Waals surface area contributed by atoms with E-state index in [9.17, 15) is 5.11 Å². The van der Waals surface area contributed by atoms with Crippen molar-refractivity contribution >= 4 is 0 Å². The van der Waals surface area contributed by atoms with E-state index in [0.29, 0.717) is 5.75 Å². The summed E-state index contributed by atoms with van der Waals surface area (Å²) in [5.74, 6) is 0.614. The van der Waals surface area contributed by atoms with Crippen LogP contribution in [0, 0.1) is 6.92 Å². The van der Waals surface area contributed by atoms with Crippen molar-refractivity contribution in [3.63, 3.8) is 0 Å². The molecule has 1 aromatic carbocycles. The fraction of sp³-hybridized carbons (Fsp3) is 0.778. The lowest BCUT2D eigenvalue weighted by Gasteiger charge is -2.23. The van der Waals surface area contributed by atoms with Crippen molar-refractivity contribution in [3.05, 3.63) is 27.8 Å². The number of rotatable bonds is 16. The van der Waals surface area contributed by atoms with Crippen molar-refractivity contribution in [1.29, 1.82) is 0 Å². The van der Waals surface area contributed by atoms with E-state index >= 15 is 0 Å². The molecule has 0 aliphatic heterocycles. The van der Waals surface area contributed by atoms with Crippen LogP contribution in [0.25, 0.3) is 0 Å². The van der Waals surface area contributed by atoms with Gasteiger partial charge in [-0.1, -0.05) is 91.9 Å². The molecule has 1 nitrogen and oxygen atoms in total. The predicted octanol–water partition coefficient (Wildman–Crippen LogP) is 8.63. The lowest BCUT2D eigenvalue weighted by atomic mass is 9.83. The molecule has 1 heteroatoms. The van der Waals surface area contributed by atoms with Gasteiger partial charge in [-0.05, 0) is 73.3 Å². The van der Waals surface area contributed by atoms with Crippen LogP contribution in [0.4, 0.5) is 0 Å². The lowest BCUT2D eigenvalue weighted by Crippen LogP contribution is -2.09. The van der Waals surface area contributed by atoms with Crippen molar-refractivity contribution in [3.8, 4) is 5.75 Å². The van der Waals surface area contributed by atoms with Gasteiger partial charge < -0.3 is 5.11 Å². The number of hydrogen-bond donors (Lipinski definition) is 1. The fourth-order valence-electron chi connectivity index (χ4n) is 4.62. The van der Waals surface area contributed by atoms with Gasteiger partial charge in [0.25, 0.3) is 0 Å². The molecule has 0 saturated heterocycles. The van der Waals surface area contributed by atoms with Crippen molar-refractivity contribution in [2.45, 2.75) is 137 Å². The van der Waals surface area contributed by atoms with E-state index in [1.54, 1.807) is 5.56 Å². The summed E-state index contributed by atoms with van der Waals surface area (Å²) in [7, 11) is 0. The van der Waals surface area contributed by atoms with Gasteiger partial charge in [0.1, 0.15) is 5.75 Å². The van der Waals surface area contributed by atoms with Crippen LogP contribution in [-0.4, -0.2) is 5.11 Å². The number of aromatic hydroxyl groups is 1. The van der Waals surface area contributed by atoms with Gasteiger partial charge in [0.15, 0.2) is 0 Å². The van der Waals surface area contributed by atoms with Crippen LogP contribution in [0.1, 0.15) is 133 Å². The molecule has 1 N–H and O–H groups in total. The molecule has 0 amide bonds. The molecular formula is C27H48O. The monoisotopic (exact) mass is 388 g/mol. The van der Waals surface area contributed by atoms with Gasteiger partial charge in [0.05, 0.1) is 0 Å². The highest BCUT2D eigenvalue weighted by atomic mass is 16.3. The Kier molecular flexibility index (Phi) is 13.4. The summed E-state index contributed by atoms with van der Waals surface area (Å²) < 4.78 is 0. The Morgan fingerprint density at radius 3 is 1.39 bits per heavy atom.